The number of rotatable bonds is 4. The molecule has 4 heterocycles. The number of likely N-dealkylation sites (N-methyl/N-ethyl adjacent to an activating group) is 1. The Morgan fingerprint density at radius 2 is 2.10 bits per heavy atom. The number of imidazole rings is 1. The van der Waals surface area contributed by atoms with Crippen LogP contribution in [0.4, 0.5) is 19.0 Å². The van der Waals surface area contributed by atoms with Crippen molar-refractivity contribution in [2.75, 3.05) is 25.0 Å². The zero-order valence-electron chi connectivity index (χ0n) is 16.0. The summed E-state index contributed by atoms with van der Waals surface area (Å²) in [4.78, 5) is 23.1. The molecule has 1 atom stereocenters. The van der Waals surface area contributed by atoms with E-state index >= 15 is 0 Å². The molecule has 1 aliphatic heterocycles. The van der Waals surface area contributed by atoms with Crippen LogP contribution in [0, 0.1) is 0 Å². The van der Waals surface area contributed by atoms with Crippen LogP contribution in [0.5, 0.6) is 5.88 Å². The maximum atomic E-state index is 12.5. The molecule has 1 aliphatic rings. The number of aromatic nitrogens is 4. The molecule has 4 rings (SSSR count). The number of amides is 1. The molecule has 3 aromatic rings. The fraction of sp³-hybridized carbons (Fsp3) is 0.368. The van der Waals surface area contributed by atoms with Gasteiger partial charge in [0.25, 0.3) is 0 Å². The highest BCUT2D eigenvalue weighted by molar-refractivity contribution is 5.77. The Labute approximate surface area is 169 Å². The summed E-state index contributed by atoms with van der Waals surface area (Å²) in [5.74, 6) is -0.483. The minimum atomic E-state index is -4.52. The van der Waals surface area contributed by atoms with Gasteiger partial charge in [-0.1, -0.05) is 0 Å². The molecule has 1 fully saturated rings. The molecule has 0 unspecified atom stereocenters. The summed E-state index contributed by atoms with van der Waals surface area (Å²) >= 11 is 0. The van der Waals surface area contributed by atoms with Crippen LogP contribution in [0.25, 0.3) is 16.9 Å². The molecule has 1 amide bonds. The Morgan fingerprint density at radius 3 is 2.83 bits per heavy atom. The molecule has 30 heavy (non-hydrogen) atoms. The third kappa shape index (κ3) is 3.87. The van der Waals surface area contributed by atoms with E-state index in [-0.39, 0.29) is 11.9 Å². The van der Waals surface area contributed by atoms with Crippen molar-refractivity contribution in [1.29, 1.82) is 0 Å². The molecule has 0 radical (unpaired) electrons. The van der Waals surface area contributed by atoms with Crippen LogP contribution in [-0.4, -0.2) is 67.9 Å². The summed E-state index contributed by atoms with van der Waals surface area (Å²) in [5, 5.41) is 14.6. The van der Waals surface area contributed by atoms with Gasteiger partial charge in [0.2, 0.25) is 11.8 Å². The van der Waals surface area contributed by atoms with E-state index in [9.17, 15) is 23.1 Å². The third-order valence-electron chi connectivity index (χ3n) is 5.19. The number of nitrogens with zero attached hydrogens (tertiary/aromatic N) is 6. The molecule has 1 N–H and O–H groups in total. The van der Waals surface area contributed by atoms with Crippen LogP contribution in [-0.2, 0) is 4.79 Å². The number of aromatic hydroxyl groups is 1. The van der Waals surface area contributed by atoms with Gasteiger partial charge in [-0.3, -0.25) is 4.79 Å². The number of halogens is 3. The van der Waals surface area contributed by atoms with Gasteiger partial charge in [0.1, 0.15) is 12.2 Å². The highest BCUT2D eigenvalue weighted by atomic mass is 19.4. The molecule has 0 aliphatic carbocycles. The topological polar surface area (TPSA) is 86.9 Å². The first kappa shape index (κ1) is 19.9. The summed E-state index contributed by atoms with van der Waals surface area (Å²) in [7, 11) is 1.40. The number of alkyl halides is 3. The van der Waals surface area contributed by atoms with E-state index in [4.69, 9.17) is 0 Å². The van der Waals surface area contributed by atoms with Gasteiger partial charge in [-0.25, -0.2) is 14.5 Å². The first-order valence-corrected chi connectivity index (χ1v) is 9.29. The predicted molar refractivity (Wildman–Crippen MR) is 102 cm³/mol. The Balaban J connectivity index is 1.55. The van der Waals surface area contributed by atoms with Crippen LogP contribution in [0.15, 0.2) is 36.7 Å². The van der Waals surface area contributed by atoms with E-state index in [0.717, 1.165) is 0 Å². The first-order chi connectivity index (χ1) is 14.2. The van der Waals surface area contributed by atoms with E-state index in [1.165, 1.54) is 18.1 Å². The van der Waals surface area contributed by atoms with Crippen molar-refractivity contribution in [2.24, 2.45) is 0 Å². The summed E-state index contributed by atoms with van der Waals surface area (Å²) in [6.45, 7) is 0.926. The molecule has 0 spiro atoms. The lowest BCUT2D eigenvalue weighted by Gasteiger charge is -2.25. The lowest BCUT2D eigenvalue weighted by atomic mass is 10.2. The molecule has 158 valence electrons. The van der Waals surface area contributed by atoms with Crippen molar-refractivity contribution in [3.8, 4) is 17.1 Å². The van der Waals surface area contributed by atoms with Crippen molar-refractivity contribution in [1.82, 2.24) is 24.5 Å². The summed E-state index contributed by atoms with van der Waals surface area (Å²) < 4.78 is 39.1. The molecule has 1 saturated heterocycles. The zero-order chi connectivity index (χ0) is 21.5. The van der Waals surface area contributed by atoms with E-state index in [0.29, 0.717) is 42.2 Å². The molecular formula is C19H19F3N6O2. The van der Waals surface area contributed by atoms with Crippen molar-refractivity contribution in [3.05, 3.63) is 36.7 Å². The molecule has 8 nitrogen and oxygen atoms in total. The van der Waals surface area contributed by atoms with Crippen LogP contribution in [0.1, 0.15) is 12.8 Å². The van der Waals surface area contributed by atoms with Crippen molar-refractivity contribution >= 4 is 17.4 Å². The predicted octanol–water partition coefficient (Wildman–Crippen LogP) is 2.49. The summed E-state index contributed by atoms with van der Waals surface area (Å²) in [5.41, 5.74) is 1.61. The monoisotopic (exact) mass is 420 g/mol. The Kier molecular flexibility index (Phi) is 4.96. The normalized spacial score (nSPS) is 16.9. The average molecular weight is 420 g/mol. The zero-order valence-corrected chi connectivity index (χ0v) is 16.0. The molecule has 11 heteroatoms. The number of anilines is 1. The number of carbonyl (C=O) groups is 1. The second-order valence-corrected chi connectivity index (χ2v) is 7.16. The highest BCUT2D eigenvalue weighted by Crippen LogP contribution is 2.29. The van der Waals surface area contributed by atoms with E-state index in [2.05, 4.69) is 15.1 Å². The fourth-order valence-corrected chi connectivity index (χ4v) is 3.58. The van der Waals surface area contributed by atoms with E-state index in [1.807, 2.05) is 4.90 Å². The second kappa shape index (κ2) is 7.47. The number of carbonyl (C=O) groups excluding carboxylic acids is 1. The number of hydrogen-bond donors (Lipinski definition) is 1. The molecule has 0 aromatic carbocycles. The SMILES string of the molecule is CN(C(=O)CC(F)(F)F)[C@H]1CCN(c2ccc3ncc(-c4cccnc4O)n3n2)C1. The quantitative estimate of drug-likeness (QED) is 0.698. The summed E-state index contributed by atoms with van der Waals surface area (Å²) in [6, 6.07) is 6.60. The Hall–Kier alpha value is -3.37. The maximum absolute atomic E-state index is 12.5. The van der Waals surface area contributed by atoms with Gasteiger partial charge < -0.3 is 14.9 Å². The van der Waals surface area contributed by atoms with Gasteiger partial charge >= 0.3 is 6.18 Å². The van der Waals surface area contributed by atoms with Gasteiger partial charge in [0.15, 0.2) is 5.65 Å². The second-order valence-electron chi connectivity index (χ2n) is 7.16. The van der Waals surface area contributed by atoms with Crippen molar-refractivity contribution in [2.45, 2.75) is 25.1 Å². The number of pyridine rings is 1. The Bertz CT molecular complexity index is 1080. The largest absolute Gasteiger partial charge is 0.493 e. The lowest BCUT2D eigenvalue weighted by Crippen LogP contribution is -2.40. The van der Waals surface area contributed by atoms with Crippen LogP contribution >= 0.6 is 0 Å². The first-order valence-electron chi connectivity index (χ1n) is 9.29. The Morgan fingerprint density at radius 1 is 1.30 bits per heavy atom. The molecule has 3 aromatic heterocycles. The van der Waals surface area contributed by atoms with Gasteiger partial charge in [-0.2, -0.15) is 13.2 Å². The van der Waals surface area contributed by atoms with Crippen molar-refractivity contribution < 1.29 is 23.1 Å². The van der Waals surface area contributed by atoms with E-state index in [1.54, 1.807) is 35.0 Å². The standard InChI is InChI=1S/C19H19F3N6O2/c1-26(17(29)9-19(20,21)22)12-6-8-27(11-12)16-5-4-15-24-10-14(28(15)25-16)13-3-2-7-23-18(13)30/h2-5,7,10,12H,6,8-9,11H2,1H3,(H,23,30)/t12-/m0/s1. The average Bonchev–Trinajstić information content (AvgIpc) is 3.33. The van der Waals surface area contributed by atoms with E-state index < -0.39 is 18.5 Å². The minimum Gasteiger partial charge on any atom is -0.493 e. The molecule has 0 bridgehead atoms. The highest BCUT2D eigenvalue weighted by Gasteiger charge is 2.36. The van der Waals surface area contributed by atoms with Crippen LogP contribution in [0.3, 0.4) is 0 Å². The van der Waals surface area contributed by atoms with Gasteiger partial charge in [-0.05, 0) is 30.7 Å². The maximum Gasteiger partial charge on any atom is 0.397 e. The van der Waals surface area contributed by atoms with Crippen molar-refractivity contribution in [3.63, 3.8) is 0 Å². The smallest absolute Gasteiger partial charge is 0.397 e. The van der Waals surface area contributed by atoms with Gasteiger partial charge in [0, 0.05) is 26.3 Å². The van der Waals surface area contributed by atoms with Crippen LogP contribution in [0.2, 0.25) is 0 Å². The lowest BCUT2D eigenvalue weighted by molar-refractivity contribution is -0.161. The minimum absolute atomic E-state index is 0.141. The van der Waals surface area contributed by atoms with Gasteiger partial charge in [-0.15, -0.1) is 5.10 Å². The van der Waals surface area contributed by atoms with Crippen LogP contribution < -0.4 is 4.90 Å². The summed E-state index contributed by atoms with van der Waals surface area (Å²) in [6.07, 6.45) is -2.38. The molecule has 0 saturated carbocycles. The molecular weight excluding hydrogens is 401 g/mol. The number of hydrogen-bond acceptors (Lipinski definition) is 6. The fourth-order valence-electron chi connectivity index (χ4n) is 3.58. The third-order valence-corrected chi connectivity index (χ3v) is 5.19. The van der Waals surface area contributed by atoms with Gasteiger partial charge in [0.05, 0.1) is 23.5 Å². The number of fused-ring (bicyclic) bond motifs is 1.